The number of hydrogen-bond donors (Lipinski definition) is 2. The predicted molar refractivity (Wildman–Crippen MR) is 55.5 cm³/mol. The number of carboxylic acid groups (broad SMARTS) is 2. The summed E-state index contributed by atoms with van der Waals surface area (Å²) in [4.78, 5) is 21.1. The van der Waals surface area contributed by atoms with Gasteiger partial charge in [0.15, 0.2) is 5.92 Å². The van der Waals surface area contributed by atoms with Crippen LogP contribution >= 0.6 is 15.9 Å². The van der Waals surface area contributed by atoms with Crippen molar-refractivity contribution < 1.29 is 19.8 Å². The number of hydrogen-bond acceptors (Lipinski definition) is 2. The molecule has 0 aromatic rings. The smallest absolute Gasteiger partial charge is 0.321 e. The van der Waals surface area contributed by atoms with Gasteiger partial charge in [0.05, 0.1) is 0 Å². The lowest BCUT2D eigenvalue weighted by Crippen LogP contribution is -2.21. The molecule has 5 heteroatoms. The number of aliphatic carboxylic acids is 2. The zero-order valence-electron chi connectivity index (χ0n) is 7.86. The van der Waals surface area contributed by atoms with E-state index in [2.05, 4.69) is 15.9 Å². The second-order valence-electron chi connectivity index (χ2n) is 2.77. The van der Waals surface area contributed by atoms with Crippen molar-refractivity contribution in [3.8, 4) is 0 Å². The van der Waals surface area contributed by atoms with Crippen LogP contribution in [0.3, 0.4) is 0 Å². The summed E-state index contributed by atoms with van der Waals surface area (Å²) >= 11 is 3.22. The molecule has 0 atom stereocenters. The molecule has 0 aliphatic rings. The van der Waals surface area contributed by atoms with Gasteiger partial charge < -0.3 is 10.2 Å². The quantitative estimate of drug-likeness (QED) is 0.437. The van der Waals surface area contributed by atoms with Crippen molar-refractivity contribution in [1.82, 2.24) is 0 Å². The normalized spacial score (nSPS) is 11.8. The maximum absolute atomic E-state index is 10.6. The predicted octanol–water partition coefficient (Wildman–Crippen LogP) is 1.89. The van der Waals surface area contributed by atoms with Crippen LogP contribution in [-0.4, -0.2) is 27.5 Å². The maximum Gasteiger partial charge on any atom is 0.321 e. The van der Waals surface area contributed by atoms with Crippen molar-refractivity contribution in [2.24, 2.45) is 5.92 Å². The summed E-state index contributed by atoms with van der Waals surface area (Å²) in [6.45, 7) is 1.87. The first kappa shape index (κ1) is 13.2. The Balaban J connectivity index is 4.67. The van der Waals surface area contributed by atoms with Crippen LogP contribution in [0.5, 0.6) is 0 Å². The molecule has 2 N–H and O–H groups in total. The highest BCUT2D eigenvalue weighted by atomic mass is 79.9. The van der Waals surface area contributed by atoms with Gasteiger partial charge in [-0.25, -0.2) is 0 Å². The minimum Gasteiger partial charge on any atom is -0.480 e. The molecule has 0 aliphatic carbocycles. The Kier molecular flexibility index (Phi) is 6.19. The Morgan fingerprint density at radius 2 is 1.86 bits per heavy atom. The number of rotatable bonds is 6. The molecular formula is C9H13BrO4. The standard InChI is InChI=1S/C9H13BrO4/c1-2-6(3-4-10)5-7(8(11)12)9(13)14/h5,7H,2-4H2,1H3,(H,11,12)(H,13,14). The Labute approximate surface area is 90.7 Å². The van der Waals surface area contributed by atoms with E-state index >= 15 is 0 Å². The van der Waals surface area contributed by atoms with E-state index in [9.17, 15) is 9.59 Å². The summed E-state index contributed by atoms with van der Waals surface area (Å²) in [6, 6.07) is 0. The average Bonchev–Trinajstić information content (AvgIpc) is 2.10. The van der Waals surface area contributed by atoms with Gasteiger partial charge in [0, 0.05) is 5.33 Å². The van der Waals surface area contributed by atoms with Crippen LogP contribution in [0.2, 0.25) is 0 Å². The minimum atomic E-state index is -1.43. The fraction of sp³-hybridized carbons (Fsp3) is 0.556. The summed E-state index contributed by atoms with van der Waals surface area (Å²) in [5.74, 6) is -4.07. The Bertz CT molecular complexity index is 233. The number of carboxylic acids is 2. The van der Waals surface area contributed by atoms with Gasteiger partial charge in [-0.3, -0.25) is 9.59 Å². The number of carbonyl (C=O) groups is 2. The summed E-state index contributed by atoms with van der Waals surface area (Å²) in [6.07, 6.45) is 2.65. The highest BCUT2D eigenvalue weighted by Crippen LogP contribution is 2.13. The van der Waals surface area contributed by atoms with Gasteiger partial charge in [-0.05, 0) is 12.8 Å². The van der Waals surface area contributed by atoms with Crippen LogP contribution < -0.4 is 0 Å². The van der Waals surface area contributed by atoms with E-state index in [1.54, 1.807) is 0 Å². The number of allylic oxidation sites excluding steroid dienone is 1. The molecule has 0 unspecified atom stereocenters. The molecule has 0 amide bonds. The van der Waals surface area contributed by atoms with Crippen molar-refractivity contribution in [3.63, 3.8) is 0 Å². The average molecular weight is 265 g/mol. The van der Waals surface area contributed by atoms with Crippen molar-refractivity contribution in [3.05, 3.63) is 11.6 Å². The molecule has 0 saturated carbocycles. The van der Waals surface area contributed by atoms with E-state index in [0.29, 0.717) is 18.2 Å². The molecule has 0 bridgehead atoms. The van der Waals surface area contributed by atoms with Crippen molar-refractivity contribution in [2.75, 3.05) is 5.33 Å². The van der Waals surface area contributed by atoms with E-state index in [1.807, 2.05) is 6.92 Å². The third kappa shape index (κ3) is 4.41. The summed E-state index contributed by atoms with van der Waals surface area (Å²) in [5.41, 5.74) is 0.844. The van der Waals surface area contributed by atoms with Gasteiger partial charge in [-0.1, -0.05) is 34.5 Å². The lowest BCUT2D eigenvalue weighted by Gasteiger charge is -2.05. The molecule has 0 aromatic carbocycles. The fourth-order valence-corrected chi connectivity index (χ4v) is 1.49. The third-order valence-electron chi connectivity index (χ3n) is 1.80. The molecule has 0 aliphatic heterocycles. The highest BCUT2D eigenvalue weighted by molar-refractivity contribution is 9.09. The summed E-state index contributed by atoms with van der Waals surface area (Å²) < 4.78 is 0. The molecule has 0 spiro atoms. The molecule has 0 rings (SSSR count). The van der Waals surface area contributed by atoms with Gasteiger partial charge in [-0.15, -0.1) is 0 Å². The topological polar surface area (TPSA) is 74.6 Å². The Morgan fingerprint density at radius 1 is 1.36 bits per heavy atom. The SMILES string of the molecule is CCC(=CC(C(=O)O)C(=O)O)CCBr. The summed E-state index contributed by atoms with van der Waals surface area (Å²) in [5, 5.41) is 17.9. The second-order valence-corrected chi connectivity index (χ2v) is 3.56. The molecule has 0 heterocycles. The van der Waals surface area contributed by atoms with Crippen LogP contribution in [0.4, 0.5) is 0 Å². The monoisotopic (exact) mass is 264 g/mol. The van der Waals surface area contributed by atoms with Crippen LogP contribution in [0, 0.1) is 5.92 Å². The van der Waals surface area contributed by atoms with E-state index in [0.717, 1.165) is 5.57 Å². The molecule has 0 radical (unpaired) electrons. The molecule has 4 nitrogen and oxygen atoms in total. The lowest BCUT2D eigenvalue weighted by molar-refractivity contribution is -0.151. The van der Waals surface area contributed by atoms with Crippen molar-refractivity contribution in [2.45, 2.75) is 19.8 Å². The third-order valence-corrected chi connectivity index (χ3v) is 2.20. The van der Waals surface area contributed by atoms with E-state index in [1.165, 1.54) is 6.08 Å². The second kappa shape index (κ2) is 6.59. The number of halogens is 1. The van der Waals surface area contributed by atoms with E-state index in [4.69, 9.17) is 10.2 Å². The van der Waals surface area contributed by atoms with Crippen molar-refractivity contribution >= 4 is 27.9 Å². The zero-order valence-corrected chi connectivity index (χ0v) is 9.45. The summed E-state index contributed by atoms with van der Waals surface area (Å²) in [7, 11) is 0. The highest BCUT2D eigenvalue weighted by Gasteiger charge is 2.23. The van der Waals surface area contributed by atoms with Gasteiger partial charge in [0.25, 0.3) is 0 Å². The van der Waals surface area contributed by atoms with E-state index in [-0.39, 0.29) is 0 Å². The van der Waals surface area contributed by atoms with Crippen molar-refractivity contribution in [1.29, 1.82) is 0 Å². The molecule has 14 heavy (non-hydrogen) atoms. The van der Waals surface area contributed by atoms with E-state index < -0.39 is 17.9 Å². The van der Waals surface area contributed by atoms with Gasteiger partial charge in [0.1, 0.15) is 0 Å². The molecule has 80 valence electrons. The van der Waals surface area contributed by atoms with Gasteiger partial charge in [-0.2, -0.15) is 0 Å². The molecule has 0 fully saturated rings. The molecular weight excluding hydrogens is 252 g/mol. The lowest BCUT2D eigenvalue weighted by atomic mass is 10.0. The molecule has 0 aromatic heterocycles. The van der Waals surface area contributed by atoms with Crippen LogP contribution in [0.25, 0.3) is 0 Å². The Morgan fingerprint density at radius 3 is 2.14 bits per heavy atom. The number of alkyl halides is 1. The first-order valence-electron chi connectivity index (χ1n) is 4.24. The zero-order chi connectivity index (χ0) is 11.1. The fourth-order valence-electron chi connectivity index (χ4n) is 0.983. The maximum atomic E-state index is 10.6. The van der Waals surface area contributed by atoms with Crippen LogP contribution in [0.1, 0.15) is 19.8 Å². The minimum absolute atomic E-state index is 0.669. The first-order chi connectivity index (χ1) is 6.52. The van der Waals surface area contributed by atoms with Gasteiger partial charge in [0.2, 0.25) is 0 Å². The largest absolute Gasteiger partial charge is 0.480 e. The van der Waals surface area contributed by atoms with Crippen LogP contribution in [-0.2, 0) is 9.59 Å². The first-order valence-corrected chi connectivity index (χ1v) is 5.36. The van der Waals surface area contributed by atoms with Crippen LogP contribution in [0.15, 0.2) is 11.6 Å². The molecule has 0 saturated heterocycles. The Hall–Kier alpha value is -0.840. The van der Waals surface area contributed by atoms with Gasteiger partial charge >= 0.3 is 11.9 Å².